The van der Waals surface area contributed by atoms with Crippen molar-refractivity contribution in [3.8, 4) is 0 Å². The standard InChI is InChI=1S/C11H18BrN3/c1-4-9(5-2)15(3)11-10(13)6-8(12)7-14-11/h6-7,9H,4-5,13H2,1-3H3. The van der Waals surface area contributed by atoms with E-state index in [1.165, 1.54) is 0 Å². The molecule has 3 nitrogen and oxygen atoms in total. The Hall–Kier alpha value is -0.770. The largest absolute Gasteiger partial charge is 0.396 e. The van der Waals surface area contributed by atoms with Crippen molar-refractivity contribution < 1.29 is 0 Å². The highest BCUT2D eigenvalue weighted by molar-refractivity contribution is 9.10. The molecular formula is C11H18BrN3. The monoisotopic (exact) mass is 271 g/mol. The molecule has 0 aliphatic heterocycles. The second-order valence-electron chi connectivity index (χ2n) is 3.65. The topological polar surface area (TPSA) is 42.2 Å². The van der Waals surface area contributed by atoms with Gasteiger partial charge in [-0.2, -0.15) is 0 Å². The van der Waals surface area contributed by atoms with Crippen molar-refractivity contribution in [3.63, 3.8) is 0 Å². The van der Waals surface area contributed by atoms with Crippen LogP contribution in [-0.2, 0) is 0 Å². The summed E-state index contributed by atoms with van der Waals surface area (Å²) in [5.74, 6) is 0.868. The number of rotatable bonds is 4. The third-order valence-corrected chi connectivity index (χ3v) is 3.12. The molecule has 0 saturated carbocycles. The molecule has 0 fully saturated rings. The van der Waals surface area contributed by atoms with Crippen molar-refractivity contribution in [3.05, 3.63) is 16.7 Å². The zero-order valence-electron chi connectivity index (χ0n) is 9.50. The van der Waals surface area contributed by atoms with Gasteiger partial charge in [0.05, 0.1) is 5.69 Å². The average Bonchev–Trinajstić information content (AvgIpc) is 2.19. The number of nitrogen functional groups attached to an aromatic ring is 1. The Labute approximate surface area is 99.8 Å². The molecule has 2 N–H and O–H groups in total. The maximum Gasteiger partial charge on any atom is 0.151 e. The lowest BCUT2D eigenvalue weighted by Gasteiger charge is -2.28. The van der Waals surface area contributed by atoms with Crippen molar-refractivity contribution in [1.82, 2.24) is 4.98 Å². The summed E-state index contributed by atoms with van der Waals surface area (Å²) in [6, 6.07) is 2.39. The zero-order chi connectivity index (χ0) is 11.4. The number of nitrogens with zero attached hydrogens (tertiary/aromatic N) is 2. The minimum atomic E-state index is 0.501. The number of hydrogen-bond acceptors (Lipinski definition) is 3. The lowest BCUT2D eigenvalue weighted by Crippen LogP contribution is -2.31. The van der Waals surface area contributed by atoms with Crippen LogP contribution in [0.15, 0.2) is 16.7 Å². The number of aromatic nitrogens is 1. The predicted molar refractivity (Wildman–Crippen MR) is 69.1 cm³/mol. The average molecular weight is 272 g/mol. The molecule has 0 aliphatic carbocycles. The molecule has 1 heterocycles. The SMILES string of the molecule is CCC(CC)N(C)c1ncc(Br)cc1N. The van der Waals surface area contributed by atoms with E-state index < -0.39 is 0 Å². The number of pyridine rings is 1. The van der Waals surface area contributed by atoms with E-state index in [0.717, 1.165) is 28.8 Å². The van der Waals surface area contributed by atoms with E-state index in [9.17, 15) is 0 Å². The highest BCUT2D eigenvalue weighted by Gasteiger charge is 2.14. The van der Waals surface area contributed by atoms with Crippen LogP contribution in [0.4, 0.5) is 11.5 Å². The Balaban J connectivity index is 2.94. The third-order valence-electron chi connectivity index (χ3n) is 2.69. The minimum absolute atomic E-state index is 0.501. The number of halogens is 1. The molecule has 0 aliphatic rings. The fourth-order valence-corrected chi connectivity index (χ4v) is 2.10. The fraction of sp³-hybridized carbons (Fsp3) is 0.545. The first-order valence-electron chi connectivity index (χ1n) is 5.24. The van der Waals surface area contributed by atoms with Crippen LogP contribution in [0.2, 0.25) is 0 Å². The first-order valence-corrected chi connectivity index (χ1v) is 6.03. The van der Waals surface area contributed by atoms with Crippen molar-refractivity contribution in [1.29, 1.82) is 0 Å². The van der Waals surface area contributed by atoms with Gasteiger partial charge in [-0.05, 0) is 34.8 Å². The third kappa shape index (κ3) is 2.84. The quantitative estimate of drug-likeness (QED) is 0.916. The van der Waals surface area contributed by atoms with E-state index >= 15 is 0 Å². The van der Waals surface area contributed by atoms with Gasteiger partial charge >= 0.3 is 0 Å². The Morgan fingerprint density at radius 2 is 2.07 bits per heavy atom. The Morgan fingerprint density at radius 1 is 1.47 bits per heavy atom. The lowest BCUT2D eigenvalue weighted by molar-refractivity contribution is 0.587. The summed E-state index contributed by atoms with van der Waals surface area (Å²) >= 11 is 3.36. The van der Waals surface area contributed by atoms with Crippen molar-refractivity contribution in [2.75, 3.05) is 17.7 Å². The fourth-order valence-electron chi connectivity index (χ4n) is 1.75. The first kappa shape index (κ1) is 12.3. The summed E-state index contributed by atoms with van der Waals surface area (Å²) < 4.78 is 0.918. The van der Waals surface area contributed by atoms with E-state index in [-0.39, 0.29) is 0 Å². The van der Waals surface area contributed by atoms with Crippen LogP contribution in [0.5, 0.6) is 0 Å². The minimum Gasteiger partial charge on any atom is -0.396 e. The molecular weight excluding hydrogens is 254 g/mol. The van der Waals surface area contributed by atoms with E-state index in [0.29, 0.717) is 6.04 Å². The van der Waals surface area contributed by atoms with E-state index in [1.54, 1.807) is 6.20 Å². The van der Waals surface area contributed by atoms with Crippen LogP contribution in [0.25, 0.3) is 0 Å². The van der Waals surface area contributed by atoms with Crippen LogP contribution in [0.1, 0.15) is 26.7 Å². The van der Waals surface area contributed by atoms with Gasteiger partial charge in [-0.25, -0.2) is 4.98 Å². The number of nitrogens with two attached hydrogens (primary N) is 1. The molecule has 1 aromatic rings. The lowest BCUT2D eigenvalue weighted by atomic mass is 10.1. The second kappa shape index (κ2) is 5.35. The molecule has 4 heteroatoms. The molecule has 0 spiro atoms. The zero-order valence-corrected chi connectivity index (χ0v) is 11.1. The maximum atomic E-state index is 5.94. The molecule has 84 valence electrons. The van der Waals surface area contributed by atoms with Gasteiger partial charge in [0.15, 0.2) is 5.82 Å². The Morgan fingerprint density at radius 3 is 2.53 bits per heavy atom. The second-order valence-corrected chi connectivity index (χ2v) is 4.56. The molecule has 1 rings (SSSR count). The van der Waals surface area contributed by atoms with Gasteiger partial charge in [-0.15, -0.1) is 0 Å². The smallest absolute Gasteiger partial charge is 0.151 e. The normalized spacial score (nSPS) is 10.7. The summed E-state index contributed by atoms with van der Waals surface area (Å²) in [5.41, 5.74) is 6.66. The van der Waals surface area contributed by atoms with Crippen LogP contribution < -0.4 is 10.6 Å². The molecule has 1 aromatic heterocycles. The van der Waals surface area contributed by atoms with Gasteiger partial charge in [-0.3, -0.25) is 0 Å². The highest BCUT2D eigenvalue weighted by Crippen LogP contribution is 2.25. The van der Waals surface area contributed by atoms with E-state index in [1.807, 2.05) is 13.1 Å². The van der Waals surface area contributed by atoms with Crippen molar-refractivity contribution in [2.45, 2.75) is 32.7 Å². The predicted octanol–water partition coefficient (Wildman–Crippen LogP) is 3.05. The summed E-state index contributed by atoms with van der Waals surface area (Å²) in [4.78, 5) is 6.50. The van der Waals surface area contributed by atoms with Crippen LogP contribution in [0, 0.1) is 0 Å². The van der Waals surface area contributed by atoms with Crippen LogP contribution >= 0.6 is 15.9 Å². The number of anilines is 2. The van der Waals surface area contributed by atoms with Gasteiger partial charge in [0.2, 0.25) is 0 Å². The van der Waals surface area contributed by atoms with Crippen LogP contribution in [-0.4, -0.2) is 18.1 Å². The first-order chi connectivity index (χ1) is 7.10. The van der Waals surface area contributed by atoms with Gasteiger partial charge < -0.3 is 10.6 Å². The maximum absolute atomic E-state index is 5.94. The summed E-state index contributed by atoms with van der Waals surface area (Å²) in [7, 11) is 2.05. The van der Waals surface area contributed by atoms with Crippen molar-refractivity contribution in [2.24, 2.45) is 0 Å². The number of hydrogen-bond donors (Lipinski definition) is 1. The summed E-state index contributed by atoms with van der Waals surface area (Å²) in [5, 5.41) is 0. The van der Waals surface area contributed by atoms with Gasteiger partial charge in [0.1, 0.15) is 0 Å². The molecule has 0 unspecified atom stereocenters. The van der Waals surface area contributed by atoms with Gasteiger partial charge in [0, 0.05) is 23.8 Å². The van der Waals surface area contributed by atoms with Gasteiger partial charge in [-0.1, -0.05) is 13.8 Å². The Kier molecular flexibility index (Phi) is 4.39. The summed E-state index contributed by atoms with van der Waals surface area (Å²) in [6.07, 6.45) is 3.99. The van der Waals surface area contributed by atoms with E-state index in [2.05, 4.69) is 39.7 Å². The van der Waals surface area contributed by atoms with Crippen molar-refractivity contribution >= 4 is 27.4 Å². The van der Waals surface area contributed by atoms with Crippen LogP contribution in [0.3, 0.4) is 0 Å². The van der Waals surface area contributed by atoms with E-state index in [4.69, 9.17) is 5.73 Å². The Bertz CT molecular complexity index is 324. The molecule has 0 radical (unpaired) electrons. The highest BCUT2D eigenvalue weighted by atomic mass is 79.9. The summed E-state index contributed by atoms with van der Waals surface area (Å²) in [6.45, 7) is 4.36. The molecule has 0 amide bonds. The van der Waals surface area contributed by atoms with Gasteiger partial charge in [0.25, 0.3) is 0 Å². The molecule has 0 saturated heterocycles. The molecule has 0 atom stereocenters. The molecule has 0 bridgehead atoms. The molecule has 0 aromatic carbocycles. The molecule has 15 heavy (non-hydrogen) atoms.